The van der Waals surface area contributed by atoms with Gasteiger partial charge in [-0.1, -0.05) is 0 Å². The number of hydrogen-bond donors (Lipinski definition) is 1. The summed E-state index contributed by atoms with van der Waals surface area (Å²) in [6, 6.07) is 2.18. The highest BCUT2D eigenvalue weighted by Gasteiger charge is 2.51. The summed E-state index contributed by atoms with van der Waals surface area (Å²) in [6.07, 6.45) is 4.13. The Kier molecular flexibility index (Phi) is 1.64. The molecule has 0 radical (unpaired) electrons. The quantitative estimate of drug-likeness (QED) is 0.725. The largest absolute Gasteiger partial charge is 0.385 e. The molecule has 0 bridgehead atoms. The molecule has 1 saturated carbocycles. The van der Waals surface area contributed by atoms with Crippen LogP contribution in [0.5, 0.6) is 0 Å². The highest BCUT2D eigenvalue weighted by molar-refractivity contribution is 5.20. The van der Waals surface area contributed by atoms with E-state index >= 15 is 0 Å². The van der Waals surface area contributed by atoms with E-state index in [-0.39, 0.29) is 0 Å². The lowest BCUT2D eigenvalue weighted by atomic mass is 9.99. The van der Waals surface area contributed by atoms with Gasteiger partial charge in [0.1, 0.15) is 6.10 Å². The van der Waals surface area contributed by atoms with Gasteiger partial charge in [-0.3, -0.25) is 0 Å². The Morgan fingerprint density at radius 3 is 2.85 bits per heavy atom. The van der Waals surface area contributed by atoms with Crippen molar-refractivity contribution in [3.63, 3.8) is 0 Å². The van der Waals surface area contributed by atoms with E-state index in [2.05, 4.69) is 11.1 Å². The van der Waals surface area contributed by atoms with Crippen molar-refractivity contribution in [1.82, 2.24) is 9.55 Å². The summed E-state index contributed by atoms with van der Waals surface area (Å²) in [4.78, 5) is 3.91. The van der Waals surface area contributed by atoms with E-state index in [9.17, 15) is 5.11 Å². The Bertz CT molecular complexity index is 359. The molecule has 4 nitrogen and oxygen atoms in total. The van der Waals surface area contributed by atoms with Gasteiger partial charge in [-0.05, 0) is 12.8 Å². The molecule has 0 aromatic carbocycles. The Hall–Kier alpha value is -1.34. The minimum Gasteiger partial charge on any atom is -0.385 e. The van der Waals surface area contributed by atoms with Crippen molar-refractivity contribution in [2.75, 3.05) is 0 Å². The standard InChI is InChI=1S/C9H11N3O/c1-12-6-11-4-7(12)8(13)9(5-10)2-3-9/h4,6,8,13H,2-3H2,1H3. The van der Waals surface area contributed by atoms with Gasteiger partial charge in [0.15, 0.2) is 0 Å². The van der Waals surface area contributed by atoms with Crippen LogP contribution < -0.4 is 0 Å². The van der Waals surface area contributed by atoms with Crippen molar-refractivity contribution >= 4 is 0 Å². The van der Waals surface area contributed by atoms with Crippen LogP contribution >= 0.6 is 0 Å². The summed E-state index contributed by atoms with van der Waals surface area (Å²) in [5, 5.41) is 18.8. The molecule has 4 heteroatoms. The maximum Gasteiger partial charge on any atom is 0.114 e. The molecule has 1 aromatic heterocycles. The van der Waals surface area contributed by atoms with Crippen molar-refractivity contribution < 1.29 is 5.11 Å². The molecule has 1 aliphatic rings. The van der Waals surface area contributed by atoms with Crippen LogP contribution in [0.1, 0.15) is 24.6 Å². The first-order chi connectivity index (χ1) is 6.19. The maximum atomic E-state index is 9.90. The smallest absolute Gasteiger partial charge is 0.114 e. The highest BCUT2D eigenvalue weighted by Crippen LogP contribution is 2.54. The minimum absolute atomic E-state index is 0.534. The molecule has 0 amide bonds. The van der Waals surface area contributed by atoms with Crippen molar-refractivity contribution in [2.45, 2.75) is 18.9 Å². The molecule has 1 fully saturated rings. The molecule has 1 heterocycles. The first kappa shape index (κ1) is 8.27. The second-order valence-corrected chi connectivity index (χ2v) is 3.60. The summed E-state index contributed by atoms with van der Waals surface area (Å²) in [6.45, 7) is 0. The monoisotopic (exact) mass is 177 g/mol. The zero-order valence-corrected chi connectivity index (χ0v) is 7.44. The van der Waals surface area contributed by atoms with Gasteiger partial charge in [-0.25, -0.2) is 4.98 Å². The summed E-state index contributed by atoms with van der Waals surface area (Å²) >= 11 is 0. The summed E-state index contributed by atoms with van der Waals surface area (Å²) in [5.74, 6) is 0. The van der Waals surface area contributed by atoms with Crippen molar-refractivity contribution in [3.05, 3.63) is 18.2 Å². The first-order valence-electron chi connectivity index (χ1n) is 4.25. The van der Waals surface area contributed by atoms with E-state index in [4.69, 9.17) is 5.26 Å². The summed E-state index contributed by atoms with van der Waals surface area (Å²) in [5.41, 5.74) is 0.187. The van der Waals surface area contributed by atoms with E-state index in [1.165, 1.54) is 0 Å². The zero-order valence-electron chi connectivity index (χ0n) is 7.44. The number of imidazole rings is 1. The molecule has 0 aliphatic heterocycles. The number of aromatic nitrogens is 2. The van der Waals surface area contributed by atoms with E-state index < -0.39 is 11.5 Å². The van der Waals surface area contributed by atoms with Crippen molar-refractivity contribution in [1.29, 1.82) is 5.26 Å². The van der Waals surface area contributed by atoms with Gasteiger partial charge in [-0.2, -0.15) is 5.26 Å². The van der Waals surface area contributed by atoms with Crippen molar-refractivity contribution in [3.8, 4) is 6.07 Å². The Morgan fingerprint density at radius 2 is 2.46 bits per heavy atom. The summed E-state index contributed by atoms with van der Waals surface area (Å²) < 4.78 is 1.75. The topological polar surface area (TPSA) is 61.8 Å². The van der Waals surface area contributed by atoms with Crippen LogP contribution in [0.2, 0.25) is 0 Å². The fourth-order valence-electron chi connectivity index (χ4n) is 1.50. The number of aryl methyl sites for hydroxylation is 1. The van der Waals surface area contributed by atoms with Crippen LogP contribution in [-0.2, 0) is 7.05 Å². The fraction of sp³-hybridized carbons (Fsp3) is 0.556. The molecule has 0 spiro atoms. The first-order valence-corrected chi connectivity index (χ1v) is 4.25. The molecule has 1 unspecified atom stereocenters. The van der Waals surface area contributed by atoms with Gasteiger partial charge in [0.25, 0.3) is 0 Å². The molecule has 1 aromatic rings. The lowest BCUT2D eigenvalue weighted by Crippen LogP contribution is -2.14. The van der Waals surface area contributed by atoms with E-state index in [1.54, 1.807) is 17.1 Å². The van der Waals surface area contributed by atoms with Gasteiger partial charge in [0.2, 0.25) is 0 Å². The number of aliphatic hydroxyl groups excluding tert-OH is 1. The average Bonchev–Trinajstić information content (AvgIpc) is 2.83. The predicted octanol–water partition coefficient (Wildman–Crippen LogP) is 0.757. The van der Waals surface area contributed by atoms with Crippen LogP contribution in [0.4, 0.5) is 0 Å². The third kappa shape index (κ3) is 1.12. The average molecular weight is 177 g/mol. The predicted molar refractivity (Wildman–Crippen MR) is 45.4 cm³/mol. The SMILES string of the molecule is Cn1cncc1C(O)C1(C#N)CC1. The van der Waals surface area contributed by atoms with Gasteiger partial charge in [0.05, 0.1) is 29.7 Å². The number of nitriles is 1. The third-order valence-corrected chi connectivity index (χ3v) is 2.67. The Morgan fingerprint density at radius 1 is 1.77 bits per heavy atom. The number of hydrogen-bond acceptors (Lipinski definition) is 3. The van der Waals surface area contributed by atoms with E-state index in [0.29, 0.717) is 0 Å². The van der Waals surface area contributed by atoms with Crippen LogP contribution in [0.25, 0.3) is 0 Å². The second kappa shape index (κ2) is 2.57. The van der Waals surface area contributed by atoms with E-state index in [1.807, 2.05) is 7.05 Å². The molecular formula is C9H11N3O. The highest BCUT2D eigenvalue weighted by atomic mass is 16.3. The van der Waals surface area contributed by atoms with Crippen LogP contribution in [0.15, 0.2) is 12.5 Å². The zero-order chi connectivity index (χ0) is 9.47. The second-order valence-electron chi connectivity index (χ2n) is 3.60. The Balaban J connectivity index is 2.29. The van der Waals surface area contributed by atoms with Crippen LogP contribution in [0, 0.1) is 16.7 Å². The minimum atomic E-state index is -0.690. The molecular weight excluding hydrogens is 166 g/mol. The van der Waals surface area contributed by atoms with Gasteiger partial charge in [-0.15, -0.1) is 0 Å². The van der Waals surface area contributed by atoms with Gasteiger partial charge >= 0.3 is 0 Å². The molecule has 0 saturated heterocycles. The molecule has 1 aliphatic carbocycles. The number of aliphatic hydroxyl groups is 1. The number of rotatable bonds is 2. The fourth-order valence-corrected chi connectivity index (χ4v) is 1.50. The van der Waals surface area contributed by atoms with Crippen LogP contribution in [0.3, 0.4) is 0 Å². The number of nitrogens with zero attached hydrogens (tertiary/aromatic N) is 3. The van der Waals surface area contributed by atoms with Gasteiger partial charge < -0.3 is 9.67 Å². The van der Waals surface area contributed by atoms with E-state index in [0.717, 1.165) is 18.5 Å². The third-order valence-electron chi connectivity index (χ3n) is 2.67. The molecule has 68 valence electrons. The molecule has 1 N–H and O–H groups in total. The normalized spacial score (nSPS) is 20.7. The van der Waals surface area contributed by atoms with Crippen LogP contribution in [-0.4, -0.2) is 14.7 Å². The molecule has 1 atom stereocenters. The van der Waals surface area contributed by atoms with Crippen molar-refractivity contribution in [2.24, 2.45) is 12.5 Å². The summed E-state index contributed by atoms with van der Waals surface area (Å²) in [7, 11) is 1.82. The lowest BCUT2D eigenvalue weighted by Gasteiger charge is -2.14. The molecule has 2 rings (SSSR count). The maximum absolute atomic E-state index is 9.90. The lowest BCUT2D eigenvalue weighted by molar-refractivity contribution is 0.115. The van der Waals surface area contributed by atoms with Gasteiger partial charge in [0, 0.05) is 7.05 Å². The Labute approximate surface area is 76.4 Å². The molecule has 13 heavy (non-hydrogen) atoms.